The molecule has 8 nitrogen and oxygen atoms in total. The van der Waals surface area contributed by atoms with Gasteiger partial charge in [0.15, 0.2) is 10.7 Å². The lowest BCUT2D eigenvalue weighted by atomic mass is 9.89. The molecule has 0 unspecified atom stereocenters. The average molecular weight is 435 g/mol. The first kappa shape index (κ1) is 18.7. The number of anilines is 1. The van der Waals surface area contributed by atoms with E-state index in [4.69, 9.17) is 9.84 Å². The minimum absolute atomic E-state index is 0.0240. The van der Waals surface area contributed by atoms with Crippen LogP contribution in [0.3, 0.4) is 0 Å². The SMILES string of the molecule is O=C(c1nc2ccccc2s1)N1CCC2(CC1)CN(c1ccc3nccn3n1)CCO2. The second-order valence-corrected chi connectivity index (χ2v) is 9.18. The van der Waals surface area contributed by atoms with Crippen molar-refractivity contribution in [3.63, 3.8) is 0 Å². The number of nitrogens with zero attached hydrogens (tertiary/aromatic N) is 6. The number of carbonyl (C=O) groups is 1. The quantitative estimate of drug-likeness (QED) is 0.483. The van der Waals surface area contributed by atoms with Gasteiger partial charge in [0.25, 0.3) is 5.91 Å². The number of piperidine rings is 1. The number of fused-ring (bicyclic) bond motifs is 2. The number of ether oxygens (including phenoxy) is 1. The van der Waals surface area contributed by atoms with E-state index in [0.29, 0.717) is 24.7 Å². The van der Waals surface area contributed by atoms with Gasteiger partial charge in [-0.2, -0.15) is 0 Å². The molecule has 0 aliphatic carbocycles. The molecule has 3 aromatic heterocycles. The van der Waals surface area contributed by atoms with Gasteiger partial charge in [-0.3, -0.25) is 4.79 Å². The van der Waals surface area contributed by atoms with Gasteiger partial charge in [-0.25, -0.2) is 14.5 Å². The van der Waals surface area contributed by atoms with Crippen molar-refractivity contribution >= 4 is 38.9 Å². The summed E-state index contributed by atoms with van der Waals surface area (Å²) in [5.41, 5.74) is 1.49. The van der Waals surface area contributed by atoms with E-state index >= 15 is 0 Å². The van der Waals surface area contributed by atoms with E-state index in [1.165, 1.54) is 11.3 Å². The lowest BCUT2D eigenvalue weighted by molar-refractivity contribution is -0.0870. The third-order valence-electron chi connectivity index (χ3n) is 6.25. The molecule has 2 aliphatic heterocycles. The Kier molecular flexibility index (Phi) is 4.39. The highest BCUT2D eigenvalue weighted by molar-refractivity contribution is 7.20. The van der Waals surface area contributed by atoms with E-state index in [1.807, 2.05) is 47.5 Å². The number of aromatic nitrogens is 4. The van der Waals surface area contributed by atoms with Crippen molar-refractivity contribution < 1.29 is 9.53 Å². The monoisotopic (exact) mass is 434 g/mol. The van der Waals surface area contributed by atoms with Crippen molar-refractivity contribution in [3.8, 4) is 0 Å². The number of thiazole rings is 1. The maximum absolute atomic E-state index is 13.0. The maximum atomic E-state index is 13.0. The van der Waals surface area contributed by atoms with Crippen LogP contribution in [0.5, 0.6) is 0 Å². The highest BCUT2D eigenvalue weighted by Gasteiger charge is 2.41. The number of rotatable bonds is 2. The molecule has 4 aromatic rings. The van der Waals surface area contributed by atoms with Crippen LogP contribution >= 0.6 is 11.3 Å². The second-order valence-electron chi connectivity index (χ2n) is 8.15. The fourth-order valence-corrected chi connectivity index (χ4v) is 5.47. The number of para-hydroxylation sites is 1. The molecular weight excluding hydrogens is 412 g/mol. The van der Waals surface area contributed by atoms with Gasteiger partial charge in [-0.1, -0.05) is 12.1 Å². The van der Waals surface area contributed by atoms with Crippen LogP contribution in [0.25, 0.3) is 15.9 Å². The molecular formula is C22H22N6O2S. The summed E-state index contributed by atoms with van der Waals surface area (Å²) >= 11 is 1.47. The van der Waals surface area contributed by atoms with Crippen molar-refractivity contribution in [3.05, 3.63) is 53.8 Å². The number of hydrogen-bond acceptors (Lipinski definition) is 7. The van der Waals surface area contributed by atoms with Crippen LogP contribution in [-0.2, 0) is 4.74 Å². The molecule has 9 heteroatoms. The highest BCUT2D eigenvalue weighted by atomic mass is 32.1. The Bertz CT molecular complexity index is 1230. The number of benzene rings is 1. The van der Waals surface area contributed by atoms with E-state index in [-0.39, 0.29) is 11.5 Å². The number of carbonyl (C=O) groups excluding carboxylic acids is 1. The Morgan fingerprint density at radius 3 is 2.84 bits per heavy atom. The summed E-state index contributed by atoms with van der Waals surface area (Å²) in [6.07, 6.45) is 5.24. The second kappa shape index (κ2) is 7.28. The van der Waals surface area contributed by atoms with Crippen molar-refractivity contribution in [2.24, 2.45) is 0 Å². The van der Waals surface area contributed by atoms with E-state index in [9.17, 15) is 4.79 Å². The van der Waals surface area contributed by atoms with E-state index < -0.39 is 0 Å². The number of morpholine rings is 1. The molecule has 1 spiro atoms. The zero-order valence-electron chi connectivity index (χ0n) is 17.0. The van der Waals surface area contributed by atoms with E-state index in [0.717, 1.165) is 47.6 Å². The average Bonchev–Trinajstić information content (AvgIpc) is 3.45. The zero-order valence-corrected chi connectivity index (χ0v) is 17.8. The first-order chi connectivity index (χ1) is 15.2. The van der Waals surface area contributed by atoms with Gasteiger partial charge in [0.2, 0.25) is 0 Å². The summed E-state index contributed by atoms with van der Waals surface area (Å²) in [5.74, 6) is 0.956. The van der Waals surface area contributed by atoms with Gasteiger partial charge in [0, 0.05) is 38.6 Å². The van der Waals surface area contributed by atoms with Crippen LogP contribution in [0, 0.1) is 0 Å². The largest absolute Gasteiger partial charge is 0.371 e. The molecule has 0 atom stereocenters. The van der Waals surface area contributed by atoms with Gasteiger partial charge < -0.3 is 14.5 Å². The van der Waals surface area contributed by atoms with Crippen molar-refractivity contribution in [1.82, 2.24) is 24.5 Å². The summed E-state index contributed by atoms with van der Waals surface area (Å²) in [7, 11) is 0. The fourth-order valence-electron chi connectivity index (χ4n) is 4.53. The molecule has 2 fully saturated rings. The Labute approximate surface area is 183 Å². The lowest BCUT2D eigenvalue weighted by Crippen LogP contribution is -2.57. The third-order valence-corrected chi connectivity index (χ3v) is 7.28. The van der Waals surface area contributed by atoms with Crippen molar-refractivity contribution in [1.29, 1.82) is 0 Å². The van der Waals surface area contributed by atoms with E-state index in [1.54, 1.807) is 10.7 Å². The van der Waals surface area contributed by atoms with Crippen LogP contribution in [0.2, 0.25) is 0 Å². The molecule has 5 heterocycles. The van der Waals surface area contributed by atoms with Crippen LogP contribution in [0.15, 0.2) is 48.8 Å². The molecule has 31 heavy (non-hydrogen) atoms. The summed E-state index contributed by atoms with van der Waals surface area (Å²) in [6, 6.07) is 11.9. The molecule has 0 saturated carbocycles. The predicted molar refractivity (Wildman–Crippen MR) is 119 cm³/mol. The molecule has 1 amide bonds. The topological polar surface area (TPSA) is 75.9 Å². The molecule has 0 radical (unpaired) electrons. The van der Waals surface area contributed by atoms with Gasteiger partial charge in [0.1, 0.15) is 5.82 Å². The first-order valence-corrected chi connectivity index (χ1v) is 11.4. The lowest BCUT2D eigenvalue weighted by Gasteiger charge is -2.47. The van der Waals surface area contributed by atoms with Crippen molar-refractivity contribution in [2.75, 3.05) is 37.7 Å². The normalized spacial score (nSPS) is 18.8. The molecule has 2 saturated heterocycles. The smallest absolute Gasteiger partial charge is 0.282 e. The van der Waals surface area contributed by atoms with Gasteiger partial charge >= 0.3 is 0 Å². The predicted octanol–water partition coefficient (Wildman–Crippen LogP) is 2.85. The van der Waals surface area contributed by atoms with Crippen LogP contribution in [0.1, 0.15) is 22.6 Å². The van der Waals surface area contributed by atoms with E-state index in [2.05, 4.69) is 14.9 Å². The van der Waals surface area contributed by atoms with Crippen molar-refractivity contribution in [2.45, 2.75) is 18.4 Å². The first-order valence-electron chi connectivity index (χ1n) is 10.5. The summed E-state index contributed by atoms with van der Waals surface area (Å²) in [4.78, 5) is 26.0. The minimum atomic E-state index is -0.242. The Hall–Kier alpha value is -3.04. The number of amides is 1. The molecule has 0 bridgehead atoms. The molecule has 1 aromatic carbocycles. The fraction of sp³-hybridized carbons (Fsp3) is 0.364. The number of imidazole rings is 1. The zero-order chi connectivity index (χ0) is 20.8. The minimum Gasteiger partial charge on any atom is -0.371 e. The Morgan fingerprint density at radius 2 is 1.97 bits per heavy atom. The highest BCUT2D eigenvalue weighted by Crippen LogP contribution is 2.33. The molecule has 158 valence electrons. The molecule has 0 N–H and O–H groups in total. The van der Waals surface area contributed by atoms with Gasteiger partial charge in [-0.15, -0.1) is 16.4 Å². The number of likely N-dealkylation sites (tertiary alicyclic amines) is 1. The van der Waals surface area contributed by atoms with Crippen LogP contribution in [0.4, 0.5) is 5.82 Å². The standard InChI is InChI=1S/C22H22N6O2S/c29-21(20-24-16-3-1-2-4-17(16)31-20)26-10-7-22(8-11-26)15-27(13-14-30-22)19-6-5-18-23-9-12-28(18)25-19/h1-6,9,12H,7-8,10-11,13-15H2. The summed E-state index contributed by atoms with van der Waals surface area (Å²) in [5, 5.41) is 5.26. The Morgan fingerprint density at radius 1 is 1.10 bits per heavy atom. The maximum Gasteiger partial charge on any atom is 0.282 e. The van der Waals surface area contributed by atoms with Gasteiger partial charge in [-0.05, 0) is 37.1 Å². The molecule has 2 aliphatic rings. The summed E-state index contributed by atoms with van der Waals surface area (Å²) in [6.45, 7) is 3.61. The van der Waals surface area contributed by atoms with Crippen LogP contribution in [-0.4, -0.2) is 68.8 Å². The Balaban J connectivity index is 1.16. The summed E-state index contributed by atoms with van der Waals surface area (Å²) < 4.78 is 9.12. The van der Waals surface area contributed by atoms with Crippen LogP contribution < -0.4 is 4.90 Å². The third kappa shape index (κ3) is 3.34. The number of hydrogen-bond donors (Lipinski definition) is 0. The molecule has 6 rings (SSSR count). The van der Waals surface area contributed by atoms with Gasteiger partial charge in [0.05, 0.1) is 22.4 Å².